The third-order valence-corrected chi connectivity index (χ3v) is 2.16. The van der Waals surface area contributed by atoms with Gasteiger partial charge in [-0.1, -0.05) is 6.08 Å². The second-order valence-corrected chi connectivity index (χ2v) is 3.01. The number of aryl methyl sites for hydroxylation is 1. The van der Waals surface area contributed by atoms with Gasteiger partial charge in [0.1, 0.15) is 6.33 Å². The highest BCUT2D eigenvalue weighted by Crippen LogP contribution is 1.93. The molecule has 0 amide bonds. The largest absolute Gasteiger partial charge is 0.345 e. The number of aromatic nitrogens is 3. The number of allylic oxidation sites excluding steroid dienone is 1. The highest BCUT2D eigenvalue weighted by molar-refractivity contribution is 5.01. The number of hydrogen-bond acceptors (Lipinski definition) is 3. The zero-order chi connectivity index (χ0) is 10.6. The number of nitrogens with two attached hydrogens (primary N) is 1. The molecule has 1 rings (SSSR count). The van der Waals surface area contributed by atoms with Crippen LogP contribution < -0.4 is 11.4 Å². The first-order chi connectivity index (χ1) is 6.72. The van der Waals surface area contributed by atoms with E-state index in [0.29, 0.717) is 19.6 Å². The Morgan fingerprint density at radius 3 is 2.86 bits per heavy atom. The van der Waals surface area contributed by atoms with Crippen LogP contribution in [0.25, 0.3) is 0 Å². The molecule has 78 valence electrons. The molecule has 0 saturated carbocycles. The van der Waals surface area contributed by atoms with Gasteiger partial charge in [0.25, 0.3) is 0 Å². The lowest BCUT2D eigenvalue weighted by Gasteiger charge is -2.01. The van der Waals surface area contributed by atoms with Crippen LogP contribution in [0.2, 0.25) is 0 Å². The van der Waals surface area contributed by atoms with E-state index in [2.05, 4.69) is 5.10 Å². The van der Waals surface area contributed by atoms with Crippen LogP contribution in [0.5, 0.6) is 0 Å². The Balaban J connectivity index is 2.87. The van der Waals surface area contributed by atoms with Crippen molar-refractivity contribution >= 4 is 0 Å². The number of nitrogens with zero attached hydrogens (tertiary/aromatic N) is 3. The summed E-state index contributed by atoms with van der Waals surface area (Å²) in [5.41, 5.74) is 6.43. The molecule has 1 aromatic heterocycles. The molecule has 0 unspecified atom stereocenters. The van der Waals surface area contributed by atoms with Crippen molar-refractivity contribution < 1.29 is 0 Å². The maximum Gasteiger partial charge on any atom is 0.345 e. The minimum Gasteiger partial charge on any atom is -0.327 e. The standard InChI is InChI=1S/C9H16N4O/c1-3-8(5-10)6-13-9(14)12(4-2)7-11-13/h3,7H,4-6,10H2,1-2H3/b8-3+. The third kappa shape index (κ3) is 2.11. The van der Waals surface area contributed by atoms with Gasteiger partial charge in [0.2, 0.25) is 0 Å². The van der Waals surface area contributed by atoms with E-state index in [4.69, 9.17) is 5.73 Å². The number of rotatable bonds is 4. The zero-order valence-corrected chi connectivity index (χ0v) is 8.60. The van der Waals surface area contributed by atoms with Crippen molar-refractivity contribution in [2.24, 2.45) is 5.73 Å². The molecule has 0 fully saturated rings. The highest BCUT2D eigenvalue weighted by Gasteiger charge is 2.03. The summed E-state index contributed by atoms with van der Waals surface area (Å²) < 4.78 is 2.98. The quantitative estimate of drug-likeness (QED) is 0.688. The van der Waals surface area contributed by atoms with Crippen LogP contribution in [-0.4, -0.2) is 20.9 Å². The molecule has 0 aliphatic carbocycles. The van der Waals surface area contributed by atoms with Crippen molar-refractivity contribution in [1.82, 2.24) is 14.3 Å². The van der Waals surface area contributed by atoms with E-state index in [9.17, 15) is 4.79 Å². The van der Waals surface area contributed by atoms with E-state index in [1.165, 1.54) is 4.68 Å². The molecule has 1 aromatic rings. The molecule has 5 nitrogen and oxygen atoms in total. The Hall–Kier alpha value is -1.36. The summed E-state index contributed by atoms with van der Waals surface area (Å²) in [6, 6.07) is 0. The first-order valence-corrected chi connectivity index (χ1v) is 4.69. The molecule has 14 heavy (non-hydrogen) atoms. The molecule has 0 saturated heterocycles. The molecule has 0 spiro atoms. The monoisotopic (exact) mass is 196 g/mol. The predicted molar refractivity (Wildman–Crippen MR) is 55.0 cm³/mol. The van der Waals surface area contributed by atoms with Gasteiger partial charge in [0.15, 0.2) is 0 Å². The van der Waals surface area contributed by atoms with Gasteiger partial charge in [0, 0.05) is 13.1 Å². The van der Waals surface area contributed by atoms with Crippen LogP contribution in [-0.2, 0) is 13.1 Å². The van der Waals surface area contributed by atoms with Gasteiger partial charge in [-0.25, -0.2) is 9.48 Å². The maximum absolute atomic E-state index is 11.6. The van der Waals surface area contributed by atoms with E-state index in [1.807, 2.05) is 19.9 Å². The van der Waals surface area contributed by atoms with Crippen LogP contribution >= 0.6 is 0 Å². The average Bonchev–Trinajstić information content (AvgIpc) is 2.56. The molecule has 0 bridgehead atoms. The second-order valence-electron chi connectivity index (χ2n) is 3.01. The van der Waals surface area contributed by atoms with Crippen LogP contribution in [0.3, 0.4) is 0 Å². The van der Waals surface area contributed by atoms with Crippen molar-refractivity contribution in [1.29, 1.82) is 0 Å². The highest BCUT2D eigenvalue weighted by atomic mass is 16.2. The van der Waals surface area contributed by atoms with Crippen molar-refractivity contribution in [2.45, 2.75) is 26.9 Å². The van der Waals surface area contributed by atoms with Crippen molar-refractivity contribution in [3.8, 4) is 0 Å². The molecule has 1 heterocycles. The smallest absolute Gasteiger partial charge is 0.327 e. The SMILES string of the molecule is C/C=C(\CN)Cn1ncn(CC)c1=O. The van der Waals surface area contributed by atoms with Crippen LogP contribution in [0.4, 0.5) is 0 Å². The van der Waals surface area contributed by atoms with E-state index in [0.717, 1.165) is 5.57 Å². The average molecular weight is 196 g/mol. The van der Waals surface area contributed by atoms with Crippen molar-refractivity contribution in [2.75, 3.05) is 6.54 Å². The lowest BCUT2D eigenvalue weighted by atomic mass is 10.2. The minimum atomic E-state index is -0.0831. The van der Waals surface area contributed by atoms with Gasteiger partial charge in [0.05, 0.1) is 6.54 Å². The van der Waals surface area contributed by atoms with Crippen molar-refractivity contribution in [3.05, 3.63) is 28.5 Å². The maximum atomic E-state index is 11.6. The number of hydrogen-bond donors (Lipinski definition) is 1. The van der Waals surface area contributed by atoms with E-state index >= 15 is 0 Å². The first kappa shape index (κ1) is 10.7. The first-order valence-electron chi connectivity index (χ1n) is 4.69. The van der Waals surface area contributed by atoms with Crippen LogP contribution in [0, 0.1) is 0 Å². The van der Waals surface area contributed by atoms with E-state index < -0.39 is 0 Å². The summed E-state index contributed by atoms with van der Waals surface area (Å²) in [6.45, 7) is 5.41. The summed E-state index contributed by atoms with van der Waals surface area (Å²) in [7, 11) is 0. The summed E-state index contributed by atoms with van der Waals surface area (Å²) in [5, 5.41) is 3.99. The normalized spacial score (nSPS) is 12.1. The lowest BCUT2D eigenvalue weighted by Crippen LogP contribution is -2.26. The topological polar surface area (TPSA) is 65.8 Å². The van der Waals surface area contributed by atoms with Crippen LogP contribution in [0.1, 0.15) is 13.8 Å². The fourth-order valence-corrected chi connectivity index (χ4v) is 1.16. The summed E-state index contributed by atoms with van der Waals surface area (Å²) >= 11 is 0. The second kappa shape index (κ2) is 4.76. The Morgan fingerprint density at radius 1 is 1.71 bits per heavy atom. The van der Waals surface area contributed by atoms with Crippen LogP contribution in [0.15, 0.2) is 22.8 Å². The molecule has 2 N–H and O–H groups in total. The van der Waals surface area contributed by atoms with Gasteiger partial charge in [-0.05, 0) is 19.4 Å². The van der Waals surface area contributed by atoms with Gasteiger partial charge in [-0.2, -0.15) is 5.10 Å². The van der Waals surface area contributed by atoms with Gasteiger partial charge < -0.3 is 5.73 Å². The zero-order valence-electron chi connectivity index (χ0n) is 8.60. The molecular weight excluding hydrogens is 180 g/mol. The Labute approximate surface area is 82.8 Å². The summed E-state index contributed by atoms with van der Waals surface area (Å²) in [5.74, 6) is 0. The lowest BCUT2D eigenvalue weighted by molar-refractivity contribution is 0.619. The fourth-order valence-electron chi connectivity index (χ4n) is 1.16. The molecular formula is C9H16N4O. The molecule has 0 atom stereocenters. The molecule has 5 heteroatoms. The minimum absolute atomic E-state index is 0.0831. The summed E-state index contributed by atoms with van der Waals surface area (Å²) in [4.78, 5) is 11.6. The Bertz CT molecular complexity index is 374. The molecule has 0 aliphatic heterocycles. The van der Waals surface area contributed by atoms with Gasteiger partial charge in [-0.15, -0.1) is 0 Å². The van der Waals surface area contributed by atoms with Gasteiger partial charge in [-0.3, -0.25) is 4.57 Å². The van der Waals surface area contributed by atoms with E-state index in [-0.39, 0.29) is 5.69 Å². The van der Waals surface area contributed by atoms with Gasteiger partial charge >= 0.3 is 5.69 Å². The fraction of sp³-hybridized carbons (Fsp3) is 0.556. The summed E-state index contributed by atoms with van der Waals surface area (Å²) in [6.07, 6.45) is 3.46. The Morgan fingerprint density at radius 2 is 2.43 bits per heavy atom. The molecule has 0 aromatic carbocycles. The van der Waals surface area contributed by atoms with Crippen molar-refractivity contribution in [3.63, 3.8) is 0 Å². The molecule has 0 aliphatic rings. The molecule has 0 radical (unpaired) electrons. The predicted octanol–water partition coefficient (Wildman–Crippen LogP) is -0.0303. The Kier molecular flexibility index (Phi) is 3.64. The third-order valence-electron chi connectivity index (χ3n) is 2.16. The van der Waals surface area contributed by atoms with E-state index in [1.54, 1.807) is 10.9 Å².